The largest absolute Gasteiger partial charge is 0.381 e. The van der Waals surface area contributed by atoms with Crippen molar-refractivity contribution in [3.63, 3.8) is 0 Å². The molecule has 0 bridgehead atoms. The first-order chi connectivity index (χ1) is 7.47. The van der Waals surface area contributed by atoms with Gasteiger partial charge in [0, 0.05) is 12.5 Å². The maximum absolute atomic E-state index is 10.7. The lowest BCUT2D eigenvalue weighted by Gasteiger charge is -2.28. The van der Waals surface area contributed by atoms with Gasteiger partial charge in [-0.3, -0.25) is 4.68 Å². The number of hydrogen-bond acceptors (Lipinski definition) is 3. The molecule has 1 N–H and O–H groups in total. The second kappa shape index (κ2) is 4.02. The summed E-state index contributed by atoms with van der Waals surface area (Å²) in [6.45, 7) is 6.44. The molecule has 0 aliphatic carbocycles. The molecule has 1 aromatic heterocycles. The van der Waals surface area contributed by atoms with E-state index in [1.807, 2.05) is 20.8 Å². The molecular weight excluding hydrogens is 228 g/mol. The molecule has 0 radical (unpaired) electrons. The van der Waals surface area contributed by atoms with Crippen molar-refractivity contribution < 1.29 is 9.84 Å². The van der Waals surface area contributed by atoms with Gasteiger partial charge in [0.2, 0.25) is 0 Å². The predicted molar refractivity (Wildman–Crippen MR) is 61.5 cm³/mol. The van der Waals surface area contributed by atoms with Gasteiger partial charge in [-0.05, 0) is 20.8 Å². The van der Waals surface area contributed by atoms with Crippen LogP contribution in [0.1, 0.15) is 38.9 Å². The summed E-state index contributed by atoms with van der Waals surface area (Å²) in [5.74, 6) is 0. The third kappa shape index (κ3) is 1.65. The molecule has 90 valence electrons. The Morgan fingerprint density at radius 3 is 2.88 bits per heavy atom. The maximum Gasteiger partial charge on any atom is 0.136 e. The van der Waals surface area contributed by atoms with Crippen LogP contribution in [-0.2, 0) is 10.3 Å². The number of halogens is 1. The zero-order valence-corrected chi connectivity index (χ0v) is 10.5. The third-order valence-electron chi connectivity index (χ3n) is 3.17. The summed E-state index contributed by atoms with van der Waals surface area (Å²) in [5, 5.41) is 15.4. The molecule has 1 aromatic rings. The highest BCUT2D eigenvalue weighted by Gasteiger charge is 2.45. The molecule has 0 aromatic carbocycles. The van der Waals surface area contributed by atoms with Gasteiger partial charge < -0.3 is 9.84 Å². The van der Waals surface area contributed by atoms with Crippen LogP contribution in [0.3, 0.4) is 0 Å². The first kappa shape index (κ1) is 11.9. The van der Waals surface area contributed by atoms with E-state index in [1.165, 1.54) is 0 Å². The standard InChI is InChI=1S/C11H17ClN2O2/c1-7(2)14-10(9(12)6-13-14)11(15)4-5-16-8(11)3/h6-8,15H,4-5H2,1-3H3. The molecule has 2 atom stereocenters. The van der Waals surface area contributed by atoms with Crippen molar-refractivity contribution in [1.29, 1.82) is 0 Å². The van der Waals surface area contributed by atoms with Gasteiger partial charge in [-0.2, -0.15) is 5.10 Å². The predicted octanol–water partition coefficient (Wildman–Crippen LogP) is 2.11. The number of rotatable bonds is 2. The SMILES string of the molecule is CC(C)n1ncc(Cl)c1C1(O)CCOC1C. The Morgan fingerprint density at radius 2 is 2.38 bits per heavy atom. The minimum atomic E-state index is -1.02. The summed E-state index contributed by atoms with van der Waals surface area (Å²) in [4.78, 5) is 0. The topological polar surface area (TPSA) is 47.3 Å². The van der Waals surface area contributed by atoms with Gasteiger partial charge in [0.25, 0.3) is 0 Å². The normalized spacial score (nSPS) is 30.2. The Hall–Kier alpha value is -0.580. The molecule has 0 spiro atoms. The van der Waals surface area contributed by atoms with Gasteiger partial charge in [0.15, 0.2) is 0 Å². The molecule has 2 unspecified atom stereocenters. The summed E-state index contributed by atoms with van der Waals surface area (Å²) in [6.07, 6.45) is 1.89. The lowest BCUT2D eigenvalue weighted by molar-refractivity contribution is -0.0383. The van der Waals surface area contributed by atoms with E-state index in [1.54, 1.807) is 10.9 Å². The van der Waals surface area contributed by atoms with Crippen molar-refractivity contribution in [2.75, 3.05) is 6.61 Å². The highest BCUT2D eigenvalue weighted by Crippen LogP contribution is 2.40. The molecule has 1 aliphatic heterocycles. The zero-order chi connectivity index (χ0) is 11.9. The Kier molecular flexibility index (Phi) is 2.99. The Morgan fingerprint density at radius 1 is 1.69 bits per heavy atom. The van der Waals surface area contributed by atoms with E-state index < -0.39 is 5.60 Å². The highest BCUT2D eigenvalue weighted by atomic mass is 35.5. The number of aliphatic hydroxyl groups is 1. The molecule has 5 heteroatoms. The minimum absolute atomic E-state index is 0.166. The van der Waals surface area contributed by atoms with Crippen molar-refractivity contribution in [1.82, 2.24) is 9.78 Å². The van der Waals surface area contributed by atoms with E-state index in [2.05, 4.69) is 5.10 Å². The van der Waals surface area contributed by atoms with Crippen molar-refractivity contribution in [3.8, 4) is 0 Å². The van der Waals surface area contributed by atoms with Crippen LogP contribution in [0.5, 0.6) is 0 Å². The summed E-state index contributed by atoms with van der Waals surface area (Å²) in [5.41, 5.74) is -0.341. The number of aromatic nitrogens is 2. The van der Waals surface area contributed by atoms with E-state index in [-0.39, 0.29) is 12.1 Å². The van der Waals surface area contributed by atoms with E-state index in [0.29, 0.717) is 23.7 Å². The van der Waals surface area contributed by atoms with E-state index in [0.717, 1.165) is 0 Å². The fraction of sp³-hybridized carbons (Fsp3) is 0.727. The van der Waals surface area contributed by atoms with Crippen LogP contribution < -0.4 is 0 Å². The maximum atomic E-state index is 10.7. The van der Waals surface area contributed by atoms with Crippen molar-refractivity contribution in [2.24, 2.45) is 0 Å². The second-order valence-corrected chi connectivity index (χ2v) is 4.97. The Bertz CT molecular complexity index is 391. The van der Waals surface area contributed by atoms with Gasteiger partial charge >= 0.3 is 0 Å². The van der Waals surface area contributed by atoms with Crippen LogP contribution in [0.25, 0.3) is 0 Å². The van der Waals surface area contributed by atoms with E-state index in [4.69, 9.17) is 16.3 Å². The van der Waals surface area contributed by atoms with Gasteiger partial charge in [-0.25, -0.2) is 0 Å². The summed E-state index contributed by atoms with van der Waals surface area (Å²) < 4.78 is 7.20. The van der Waals surface area contributed by atoms with Gasteiger partial charge in [-0.15, -0.1) is 0 Å². The third-order valence-corrected chi connectivity index (χ3v) is 3.45. The number of nitrogens with zero attached hydrogens (tertiary/aromatic N) is 2. The quantitative estimate of drug-likeness (QED) is 0.867. The lowest BCUT2D eigenvalue weighted by atomic mass is 9.92. The van der Waals surface area contributed by atoms with Crippen molar-refractivity contribution >= 4 is 11.6 Å². The molecule has 4 nitrogen and oxygen atoms in total. The molecular formula is C11H17ClN2O2. The van der Waals surface area contributed by atoms with Crippen LogP contribution in [0.2, 0.25) is 5.02 Å². The number of ether oxygens (including phenoxy) is 1. The molecule has 1 aliphatic rings. The van der Waals surface area contributed by atoms with Crippen LogP contribution in [0, 0.1) is 0 Å². The van der Waals surface area contributed by atoms with Gasteiger partial charge in [0.05, 0.1) is 29.6 Å². The summed E-state index contributed by atoms with van der Waals surface area (Å²) >= 11 is 6.13. The Labute approximate surface area is 100 Å². The van der Waals surface area contributed by atoms with Gasteiger partial charge in [0.1, 0.15) is 5.60 Å². The van der Waals surface area contributed by atoms with Crippen LogP contribution in [-0.4, -0.2) is 27.6 Å². The number of hydrogen-bond donors (Lipinski definition) is 1. The van der Waals surface area contributed by atoms with Crippen LogP contribution in [0.15, 0.2) is 6.20 Å². The first-order valence-electron chi connectivity index (χ1n) is 5.54. The molecule has 2 rings (SSSR count). The fourth-order valence-corrected chi connectivity index (χ4v) is 2.48. The highest BCUT2D eigenvalue weighted by molar-refractivity contribution is 6.31. The second-order valence-electron chi connectivity index (χ2n) is 4.57. The molecule has 1 fully saturated rings. The fourth-order valence-electron chi connectivity index (χ4n) is 2.18. The van der Waals surface area contributed by atoms with E-state index >= 15 is 0 Å². The first-order valence-corrected chi connectivity index (χ1v) is 5.92. The summed E-state index contributed by atoms with van der Waals surface area (Å²) in [7, 11) is 0. The average molecular weight is 245 g/mol. The summed E-state index contributed by atoms with van der Waals surface area (Å²) in [6, 6.07) is 0.166. The molecule has 1 saturated heterocycles. The Balaban J connectivity index is 2.50. The monoisotopic (exact) mass is 244 g/mol. The molecule has 0 saturated carbocycles. The van der Waals surface area contributed by atoms with Crippen molar-refractivity contribution in [3.05, 3.63) is 16.9 Å². The smallest absolute Gasteiger partial charge is 0.136 e. The van der Waals surface area contributed by atoms with E-state index in [9.17, 15) is 5.11 Å². The van der Waals surface area contributed by atoms with Crippen molar-refractivity contribution in [2.45, 2.75) is 44.9 Å². The molecule has 2 heterocycles. The average Bonchev–Trinajstić information content (AvgIpc) is 2.73. The van der Waals surface area contributed by atoms with Gasteiger partial charge in [-0.1, -0.05) is 11.6 Å². The minimum Gasteiger partial charge on any atom is -0.381 e. The molecule has 16 heavy (non-hydrogen) atoms. The zero-order valence-electron chi connectivity index (χ0n) is 9.77. The van der Waals surface area contributed by atoms with Crippen LogP contribution >= 0.6 is 11.6 Å². The van der Waals surface area contributed by atoms with Crippen LogP contribution in [0.4, 0.5) is 0 Å². The molecule has 0 amide bonds. The lowest BCUT2D eigenvalue weighted by Crippen LogP contribution is -2.36.